The Balaban J connectivity index is 4.51. The van der Waals surface area contributed by atoms with Crippen LogP contribution in [0.4, 0.5) is 0 Å². The Bertz CT molecular complexity index is 216. The van der Waals surface area contributed by atoms with E-state index in [4.69, 9.17) is 0 Å². The van der Waals surface area contributed by atoms with Crippen LogP contribution >= 0.6 is 0 Å². The van der Waals surface area contributed by atoms with Gasteiger partial charge in [-0.1, -0.05) is 36.8 Å². The molecule has 0 aromatic rings. The van der Waals surface area contributed by atoms with Crippen molar-refractivity contribution in [3.63, 3.8) is 0 Å². The van der Waals surface area contributed by atoms with Crippen molar-refractivity contribution >= 4 is 0 Å². The summed E-state index contributed by atoms with van der Waals surface area (Å²) in [5, 5.41) is 0. The van der Waals surface area contributed by atoms with Gasteiger partial charge in [-0.05, 0) is 33.3 Å². The smallest absolute Gasteiger partial charge is 0.00135 e. The van der Waals surface area contributed by atoms with E-state index in [9.17, 15) is 0 Å². The molecule has 0 aliphatic rings. The molecule has 0 heterocycles. The fraction of sp³-hybridized carbons (Fsp3) is 0.500. The fourth-order valence-corrected chi connectivity index (χ4v) is 1.05. The highest BCUT2D eigenvalue weighted by Gasteiger charge is 2.08. The molecule has 0 bridgehead atoms. The fourth-order valence-electron chi connectivity index (χ4n) is 1.05. The van der Waals surface area contributed by atoms with Gasteiger partial charge in [0.25, 0.3) is 0 Å². The summed E-state index contributed by atoms with van der Waals surface area (Å²) < 4.78 is 0. The van der Waals surface area contributed by atoms with Crippen LogP contribution in [-0.4, -0.2) is 0 Å². The highest BCUT2D eigenvalue weighted by atomic mass is 14.1. The predicted molar refractivity (Wildman–Crippen MR) is 57.2 cm³/mol. The molecule has 0 aromatic carbocycles. The van der Waals surface area contributed by atoms with Gasteiger partial charge in [-0.15, -0.1) is 0 Å². The van der Waals surface area contributed by atoms with Crippen molar-refractivity contribution < 1.29 is 0 Å². The van der Waals surface area contributed by atoms with E-state index in [1.165, 1.54) is 16.7 Å². The molecule has 0 N–H and O–H groups in total. The van der Waals surface area contributed by atoms with Crippen molar-refractivity contribution in [3.8, 4) is 0 Å². The van der Waals surface area contributed by atoms with Crippen LogP contribution in [0.25, 0.3) is 0 Å². The summed E-state index contributed by atoms with van der Waals surface area (Å²) in [6, 6.07) is 0. The molecular weight excluding hydrogens is 144 g/mol. The molecule has 0 heteroatoms. The van der Waals surface area contributed by atoms with Crippen molar-refractivity contribution in [1.82, 2.24) is 0 Å². The molecule has 0 aliphatic carbocycles. The van der Waals surface area contributed by atoms with E-state index in [0.29, 0.717) is 5.92 Å². The number of allylic oxidation sites excluding steroid dienone is 5. The van der Waals surface area contributed by atoms with E-state index in [-0.39, 0.29) is 0 Å². The van der Waals surface area contributed by atoms with Gasteiger partial charge in [0.2, 0.25) is 0 Å². The zero-order valence-corrected chi connectivity index (χ0v) is 8.94. The van der Waals surface area contributed by atoms with Gasteiger partial charge in [-0.2, -0.15) is 0 Å². The second-order valence-electron chi connectivity index (χ2n) is 3.25. The lowest BCUT2D eigenvalue weighted by atomic mass is 9.90. The summed E-state index contributed by atoms with van der Waals surface area (Å²) in [5.74, 6) is 0.478. The van der Waals surface area contributed by atoms with E-state index in [1.807, 2.05) is 0 Å². The minimum Gasteiger partial charge on any atom is -0.0950 e. The first-order valence-corrected chi connectivity index (χ1v) is 4.49. The minimum absolute atomic E-state index is 0.478. The molecule has 0 aliphatic heterocycles. The Morgan fingerprint density at radius 3 is 2.00 bits per heavy atom. The third-order valence-electron chi connectivity index (χ3n) is 2.60. The van der Waals surface area contributed by atoms with E-state index < -0.39 is 0 Å². The maximum absolute atomic E-state index is 4.09. The van der Waals surface area contributed by atoms with Gasteiger partial charge in [0.05, 0.1) is 0 Å². The van der Waals surface area contributed by atoms with Crippen molar-refractivity contribution in [3.05, 3.63) is 35.5 Å². The lowest BCUT2D eigenvalue weighted by Crippen LogP contribution is -2.00. The number of hydrogen-bond acceptors (Lipinski definition) is 0. The molecule has 0 radical (unpaired) electrons. The Labute approximate surface area is 76.7 Å². The second-order valence-corrected chi connectivity index (χ2v) is 3.25. The molecular formula is C12H20. The Morgan fingerprint density at radius 2 is 1.67 bits per heavy atom. The van der Waals surface area contributed by atoms with Crippen LogP contribution in [0.15, 0.2) is 35.5 Å². The monoisotopic (exact) mass is 164 g/mol. The largest absolute Gasteiger partial charge is 0.0950 e. The molecule has 0 saturated heterocycles. The van der Waals surface area contributed by atoms with Crippen LogP contribution in [0.2, 0.25) is 0 Å². The van der Waals surface area contributed by atoms with Crippen LogP contribution in [0, 0.1) is 5.92 Å². The molecule has 0 spiro atoms. The van der Waals surface area contributed by atoms with E-state index in [1.54, 1.807) is 0 Å². The zero-order valence-electron chi connectivity index (χ0n) is 8.94. The van der Waals surface area contributed by atoms with Gasteiger partial charge in [-0.3, -0.25) is 0 Å². The summed E-state index contributed by atoms with van der Waals surface area (Å²) in [6.07, 6.45) is 4.26. The molecule has 0 saturated carbocycles. The van der Waals surface area contributed by atoms with Crippen molar-refractivity contribution in [1.29, 1.82) is 0 Å². The SMILES string of the molecule is C=C(/C(C)=C/C)C(C)/C(C)=C/C. The van der Waals surface area contributed by atoms with Crippen molar-refractivity contribution in [2.24, 2.45) is 5.92 Å². The van der Waals surface area contributed by atoms with Gasteiger partial charge < -0.3 is 0 Å². The van der Waals surface area contributed by atoms with E-state index in [0.717, 1.165) is 0 Å². The quantitative estimate of drug-likeness (QED) is 0.435. The summed E-state index contributed by atoms with van der Waals surface area (Å²) in [6.45, 7) is 14.7. The Hall–Kier alpha value is -0.780. The first-order valence-electron chi connectivity index (χ1n) is 4.49. The third kappa shape index (κ3) is 2.69. The molecule has 0 aromatic heterocycles. The molecule has 0 amide bonds. The molecule has 0 fully saturated rings. The first-order chi connectivity index (χ1) is 5.54. The topological polar surface area (TPSA) is 0 Å². The Kier molecular flexibility index (Phi) is 4.65. The van der Waals surface area contributed by atoms with Crippen LogP contribution in [0.5, 0.6) is 0 Å². The normalized spacial score (nSPS) is 16.1. The molecule has 0 rings (SSSR count). The van der Waals surface area contributed by atoms with Crippen LogP contribution < -0.4 is 0 Å². The lowest BCUT2D eigenvalue weighted by Gasteiger charge is -2.15. The third-order valence-corrected chi connectivity index (χ3v) is 2.60. The van der Waals surface area contributed by atoms with Gasteiger partial charge in [0, 0.05) is 5.92 Å². The van der Waals surface area contributed by atoms with Crippen molar-refractivity contribution in [2.75, 3.05) is 0 Å². The van der Waals surface area contributed by atoms with E-state index >= 15 is 0 Å². The van der Waals surface area contributed by atoms with Crippen LogP contribution in [-0.2, 0) is 0 Å². The van der Waals surface area contributed by atoms with Crippen molar-refractivity contribution in [2.45, 2.75) is 34.6 Å². The zero-order chi connectivity index (χ0) is 9.72. The summed E-state index contributed by atoms with van der Waals surface area (Å²) >= 11 is 0. The average molecular weight is 164 g/mol. The molecule has 68 valence electrons. The molecule has 0 nitrogen and oxygen atoms in total. The molecule has 1 atom stereocenters. The van der Waals surface area contributed by atoms with E-state index in [2.05, 4.69) is 53.3 Å². The average Bonchev–Trinajstić information content (AvgIpc) is 2.12. The summed E-state index contributed by atoms with van der Waals surface area (Å²) in [4.78, 5) is 0. The maximum Gasteiger partial charge on any atom is 0.00135 e. The second kappa shape index (κ2) is 4.97. The van der Waals surface area contributed by atoms with Crippen LogP contribution in [0.3, 0.4) is 0 Å². The van der Waals surface area contributed by atoms with Gasteiger partial charge in [0.1, 0.15) is 0 Å². The van der Waals surface area contributed by atoms with Gasteiger partial charge in [0.15, 0.2) is 0 Å². The highest BCUT2D eigenvalue weighted by molar-refractivity contribution is 5.32. The summed E-state index contributed by atoms with van der Waals surface area (Å²) in [5.41, 5.74) is 3.91. The maximum atomic E-state index is 4.09. The lowest BCUT2D eigenvalue weighted by molar-refractivity contribution is 0.809. The predicted octanol–water partition coefficient (Wildman–Crippen LogP) is 4.11. The molecule has 12 heavy (non-hydrogen) atoms. The number of rotatable bonds is 3. The number of hydrogen-bond donors (Lipinski definition) is 0. The first kappa shape index (κ1) is 11.2. The summed E-state index contributed by atoms with van der Waals surface area (Å²) in [7, 11) is 0. The molecule has 1 unspecified atom stereocenters. The highest BCUT2D eigenvalue weighted by Crippen LogP contribution is 2.23. The minimum atomic E-state index is 0.478. The van der Waals surface area contributed by atoms with Gasteiger partial charge >= 0.3 is 0 Å². The van der Waals surface area contributed by atoms with Gasteiger partial charge in [-0.25, -0.2) is 0 Å². The standard InChI is InChI=1S/C12H20/c1-7-9(3)11(5)12(6)10(4)8-2/h7-8,12H,5H2,1-4,6H3/b9-7+,10-8+. The van der Waals surface area contributed by atoms with Crippen LogP contribution in [0.1, 0.15) is 34.6 Å². The Morgan fingerprint density at radius 1 is 1.17 bits per heavy atom.